The van der Waals surface area contributed by atoms with Gasteiger partial charge in [0.1, 0.15) is 0 Å². The number of para-hydroxylation sites is 1. The van der Waals surface area contributed by atoms with E-state index < -0.39 is 0 Å². The molecule has 9 rings (SSSR count). The zero-order chi connectivity index (χ0) is 24.1. The topological polar surface area (TPSA) is 4.93 Å². The van der Waals surface area contributed by atoms with Gasteiger partial charge in [-0.3, -0.25) is 0 Å². The number of rotatable bonds is 1. The minimum Gasteiger partial charge on any atom is -0.309 e. The number of fused-ring (bicyclic) bond motifs is 12. The van der Waals surface area contributed by atoms with E-state index in [1.165, 1.54) is 78.6 Å². The second kappa shape index (κ2) is 7.19. The van der Waals surface area contributed by atoms with Crippen molar-refractivity contribution in [3.05, 3.63) is 115 Å². The van der Waals surface area contributed by atoms with Gasteiger partial charge in [0.25, 0.3) is 0 Å². The van der Waals surface area contributed by atoms with Gasteiger partial charge < -0.3 is 4.57 Å². The summed E-state index contributed by atoms with van der Waals surface area (Å²) < 4.78 is 7.84. The van der Waals surface area contributed by atoms with Gasteiger partial charge in [0.15, 0.2) is 0 Å². The fourth-order valence-corrected chi connectivity index (χ4v) is 8.45. The molecule has 0 atom stereocenters. The molecule has 0 unspecified atom stereocenters. The van der Waals surface area contributed by atoms with E-state index in [0.717, 1.165) is 0 Å². The summed E-state index contributed by atoms with van der Waals surface area (Å²) in [5.41, 5.74) is 3.73. The molecule has 3 aromatic heterocycles. The molecule has 0 aliphatic carbocycles. The summed E-state index contributed by atoms with van der Waals surface area (Å²) in [6.45, 7) is 0. The van der Waals surface area contributed by atoms with Gasteiger partial charge in [0.05, 0.1) is 11.0 Å². The van der Waals surface area contributed by atoms with Gasteiger partial charge in [-0.2, -0.15) is 0 Å². The summed E-state index contributed by atoms with van der Waals surface area (Å²) in [6, 6.07) is 42.6. The van der Waals surface area contributed by atoms with Crippen LogP contribution in [0.5, 0.6) is 0 Å². The smallest absolute Gasteiger partial charge is 0.0555 e. The average Bonchev–Trinajstić information content (AvgIpc) is 3.61. The highest BCUT2D eigenvalue weighted by molar-refractivity contribution is 7.26. The van der Waals surface area contributed by atoms with E-state index in [-0.39, 0.29) is 0 Å². The average molecular weight is 506 g/mol. The number of hydrogen-bond donors (Lipinski definition) is 0. The molecule has 6 aromatic carbocycles. The van der Waals surface area contributed by atoms with E-state index in [9.17, 15) is 0 Å². The van der Waals surface area contributed by atoms with Crippen LogP contribution in [-0.4, -0.2) is 4.57 Å². The lowest BCUT2D eigenvalue weighted by Gasteiger charge is -2.08. The lowest BCUT2D eigenvalue weighted by molar-refractivity contribution is 1.18. The van der Waals surface area contributed by atoms with Crippen molar-refractivity contribution < 1.29 is 0 Å². The normalized spacial score (nSPS) is 12.3. The molecule has 1 nitrogen and oxygen atoms in total. The molecule has 3 heteroatoms. The Morgan fingerprint density at radius 1 is 0.405 bits per heavy atom. The van der Waals surface area contributed by atoms with Crippen LogP contribution >= 0.6 is 22.7 Å². The van der Waals surface area contributed by atoms with Crippen LogP contribution < -0.4 is 0 Å². The SMILES string of the molecule is c1ccc(-n2c3cc4sc5ccccc5c4cc3c3c4c(ccc5sc6ccccc6c54)ccc32)cc1. The number of hydrogen-bond acceptors (Lipinski definition) is 2. The number of nitrogens with zero attached hydrogens (tertiary/aromatic N) is 1. The van der Waals surface area contributed by atoms with Crippen molar-refractivity contribution >= 4 is 95.6 Å². The summed E-state index contributed by atoms with van der Waals surface area (Å²) in [5.74, 6) is 0. The molecule has 0 aliphatic rings. The molecule has 0 radical (unpaired) electrons. The van der Waals surface area contributed by atoms with Crippen molar-refractivity contribution in [2.24, 2.45) is 0 Å². The number of thiophene rings is 2. The van der Waals surface area contributed by atoms with Gasteiger partial charge in [0, 0.05) is 62.2 Å². The lowest BCUT2D eigenvalue weighted by atomic mass is 9.98. The fraction of sp³-hybridized carbons (Fsp3) is 0. The molecule has 3 heterocycles. The van der Waals surface area contributed by atoms with Crippen molar-refractivity contribution in [2.75, 3.05) is 0 Å². The first-order chi connectivity index (χ1) is 18.3. The molecule has 37 heavy (non-hydrogen) atoms. The molecule has 0 saturated heterocycles. The minimum atomic E-state index is 1.20. The summed E-state index contributed by atoms with van der Waals surface area (Å²) in [5, 5.41) is 10.8. The van der Waals surface area contributed by atoms with Gasteiger partial charge in [-0.25, -0.2) is 0 Å². The molecule has 0 amide bonds. The number of aromatic nitrogens is 1. The van der Waals surface area contributed by atoms with Gasteiger partial charge in [-0.1, -0.05) is 66.7 Å². The highest BCUT2D eigenvalue weighted by atomic mass is 32.1. The molecule has 0 bridgehead atoms. The van der Waals surface area contributed by atoms with E-state index >= 15 is 0 Å². The number of benzene rings is 6. The molecule has 0 N–H and O–H groups in total. The third-order valence-electron chi connectivity index (χ3n) is 7.76. The van der Waals surface area contributed by atoms with Crippen molar-refractivity contribution in [2.45, 2.75) is 0 Å². The molecular formula is C34H19NS2. The maximum Gasteiger partial charge on any atom is 0.0555 e. The van der Waals surface area contributed by atoms with Crippen LogP contribution in [0.25, 0.3) is 78.6 Å². The molecular weight excluding hydrogens is 487 g/mol. The fourth-order valence-electron chi connectivity index (χ4n) is 6.21. The minimum absolute atomic E-state index is 1.20. The van der Waals surface area contributed by atoms with E-state index in [1.54, 1.807) is 0 Å². The summed E-state index contributed by atoms with van der Waals surface area (Å²) in [6.07, 6.45) is 0. The first-order valence-corrected chi connectivity index (χ1v) is 14.2. The van der Waals surface area contributed by atoms with Crippen LogP contribution in [0.15, 0.2) is 115 Å². The van der Waals surface area contributed by atoms with E-state index in [4.69, 9.17) is 0 Å². The van der Waals surface area contributed by atoms with Crippen molar-refractivity contribution in [1.82, 2.24) is 4.57 Å². The lowest BCUT2D eigenvalue weighted by Crippen LogP contribution is -1.92. The predicted molar refractivity (Wildman–Crippen MR) is 164 cm³/mol. The highest BCUT2D eigenvalue weighted by Crippen LogP contribution is 2.46. The van der Waals surface area contributed by atoms with Crippen molar-refractivity contribution in [1.29, 1.82) is 0 Å². The van der Waals surface area contributed by atoms with Crippen LogP contribution in [0.2, 0.25) is 0 Å². The second-order valence-electron chi connectivity index (χ2n) is 9.73. The van der Waals surface area contributed by atoms with Gasteiger partial charge in [-0.15, -0.1) is 22.7 Å². The second-order valence-corrected chi connectivity index (χ2v) is 11.9. The standard InChI is InChI=1S/C34H19NS2/c1-2-8-21(9-3-1)35-26-16-14-20-15-17-30-34(23-11-5-7-13-29(23)36-30)32(20)33(26)25-18-24-22-10-4-6-12-28(22)37-31(24)19-27(25)35/h1-19H. The van der Waals surface area contributed by atoms with E-state index in [0.29, 0.717) is 0 Å². The Morgan fingerprint density at radius 2 is 1.11 bits per heavy atom. The van der Waals surface area contributed by atoms with Crippen LogP contribution in [-0.2, 0) is 0 Å². The first kappa shape index (κ1) is 19.9. The quantitative estimate of drug-likeness (QED) is 0.209. The largest absolute Gasteiger partial charge is 0.309 e. The van der Waals surface area contributed by atoms with Crippen LogP contribution in [0, 0.1) is 0 Å². The Balaban J connectivity index is 1.59. The summed E-state index contributed by atoms with van der Waals surface area (Å²) >= 11 is 3.78. The van der Waals surface area contributed by atoms with Crippen LogP contribution in [0.4, 0.5) is 0 Å². The zero-order valence-corrected chi connectivity index (χ0v) is 21.4. The summed E-state index contributed by atoms with van der Waals surface area (Å²) in [4.78, 5) is 0. The zero-order valence-electron chi connectivity index (χ0n) is 19.7. The maximum absolute atomic E-state index is 2.46. The summed E-state index contributed by atoms with van der Waals surface area (Å²) in [7, 11) is 0. The van der Waals surface area contributed by atoms with Gasteiger partial charge in [0.2, 0.25) is 0 Å². The molecule has 9 aromatic rings. The Morgan fingerprint density at radius 3 is 1.97 bits per heavy atom. The van der Waals surface area contributed by atoms with Crippen LogP contribution in [0.1, 0.15) is 0 Å². The van der Waals surface area contributed by atoms with Gasteiger partial charge >= 0.3 is 0 Å². The third-order valence-corrected chi connectivity index (χ3v) is 10.0. The molecule has 0 fully saturated rings. The van der Waals surface area contributed by atoms with Crippen molar-refractivity contribution in [3.8, 4) is 5.69 Å². The highest BCUT2D eigenvalue weighted by Gasteiger charge is 2.19. The first-order valence-electron chi connectivity index (χ1n) is 12.5. The van der Waals surface area contributed by atoms with E-state index in [2.05, 4.69) is 120 Å². The van der Waals surface area contributed by atoms with Crippen molar-refractivity contribution in [3.63, 3.8) is 0 Å². The van der Waals surface area contributed by atoms with Crippen LogP contribution in [0.3, 0.4) is 0 Å². The molecule has 0 aliphatic heterocycles. The Kier molecular flexibility index (Phi) is 3.88. The Labute approximate surface area is 220 Å². The third kappa shape index (κ3) is 2.63. The molecule has 0 saturated carbocycles. The Bertz CT molecular complexity index is 2350. The van der Waals surface area contributed by atoms with Gasteiger partial charge in [-0.05, 0) is 53.9 Å². The predicted octanol–water partition coefficient (Wildman–Crippen LogP) is 10.7. The maximum atomic E-state index is 2.46. The Hall–Kier alpha value is -4.18. The monoisotopic (exact) mass is 505 g/mol. The van der Waals surface area contributed by atoms with E-state index in [1.807, 2.05) is 22.7 Å². The molecule has 172 valence electrons. The molecule has 0 spiro atoms.